The minimum absolute atomic E-state index is 0.116. The SMILES string of the molecule is CCO[C@@H](C)C(=O)N1CCCN(Cc2csc(CC)n2)CC1. The summed E-state index contributed by atoms with van der Waals surface area (Å²) in [5, 5.41) is 3.36. The highest BCUT2D eigenvalue weighted by molar-refractivity contribution is 7.09. The molecule has 1 saturated heterocycles. The van der Waals surface area contributed by atoms with E-state index in [0.717, 1.165) is 51.3 Å². The molecule has 5 nitrogen and oxygen atoms in total. The molecule has 2 heterocycles. The van der Waals surface area contributed by atoms with Gasteiger partial charge < -0.3 is 9.64 Å². The molecule has 0 spiro atoms. The Morgan fingerprint density at radius 3 is 2.86 bits per heavy atom. The van der Waals surface area contributed by atoms with Crippen molar-refractivity contribution < 1.29 is 9.53 Å². The second-order valence-electron chi connectivity index (χ2n) is 5.64. The molecule has 0 radical (unpaired) electrons. The molecule has 0 saturated carbocycles. The van der Waals surface area contributed by atoms with Crippen molar-refractivity contribution in [2.24, 2.45) is 0 Å². The fourth-order valence-electron chi connectivity index (χ4n) is 2.74. The lowest BCUT2D eigenvalue weighted by molar-refractivity contribution is -0.142. The maximum Gasteiger partial charge on any atom is 0.251 e. The van der Waals surface area contributed by atoms with Crippen LogP contribution < -0.4 is 0 Å². The number of nitrogens with zero attached hydrogens (tertiary/aromatic N) is 3. The number of aryl methyl sites for hydroxylation is 1. The zero-order valence-electron chi connectivity index (χ0n) is 13.9. The van der Waals surface area contributed by atoms with Gasteiger partial charge in [0.25, 0.3) is 5.91 Å². The van der Waals surface area contributed by atoms with E-state index in [1.165, 1.54) is 5.01 Å². The summed E-state index contributed by atoms with van der Waals surface area (Å²) >= 11 is 1.74. The first-order valence-electron chi connectivity index (χ1n) is 8.20. The van der Waals surface area contributed by atoms with Crippen molar-refractivity contribution in [2.45, 2.75) is 46.3 Å². The topological polar surface area (TPSA) is 45.7 Å². The van der Waals surface area contributed by atoms with E-state index in [2.05, 4.69) is 22.2 Å². The first-order chi connectivity index (χ1) is 10.6. The Labute approximate surface area is 137 Å². The molecule has 1 aromatic rings. The van der Waals surface area contributed by atoms with Crippen LogP contribution in [0.4, 0.5) is 0 Å². The molecule has 1 aromatic heterocycles. The van der Waals surface area contributed by atoms with E-state index in [1.807, 2.05) is 18.7 Å². The third-order valence-electron chi connectivity index (χ3n) is 3.95. The molecule has 124 valence electrons. The number of hydrogen-bond donors (Lipinski definition) is 0. The summed E-state index contributed by atoms with van der Waals surface area (Å²) in [5.41, 5.74) is 1.16. The first kappa shape index (κ1) is 17.4. The van der Waals surface area contributed by atoms with E-state index in [9.17, 15) is 4.79 Å². The number of carbonyl (C=O) groups excluding carboxylic acids is 1. The van der Waals surface area contributed by atoms with Crippen LogP contribution in [0.2, 0.25) is 0 Å². The van der Waals surface area contributed by atoms with Crippen LogP contribution in [0.3, 0.4) is 0 Å². The average Bonchev–Trinajstić information content (AvgIpc) is 2.84. The van der Waals surface area contributed by atoms with Crippen LogP contribution in [-0.2, 0) is 22.5 Å². The quantitative estimate of drug-likeness (QED) is 0.804. The van der Waals surface area contributed by atoms with Crippen LogP contribution in [0.25, 0.3) is 0 Å². The molecule has 0 bridgehead atoms. The Kier molecular flexibility index (Phi) is 6.79. The van der Waals surface area contributed by atoms with Crippen molar-refractivity contribution in [1.29, 1.82) is 0 Å². The Balaban J connectivity index is 1.85. The van der Waals surface area contributed by atoms with Gasteiger partial charge in [0.2, 0.25) is 0 Å². The van der Waals surface area contributed by atoms with Gasteiger partial charge in [-0.25, -0.2) is 4.98 Å². The number of aromatic nitrogens is 1. The Hall–Kier alpha value is -0.980. The van der Waals surface area contributed by atoms with Gasteiger partial charge in [-0.15, -0.1) is 11.3 Å². The minimum atomic E-state index is -0.331. The van der Waals surface area contributed by atoms with Crippen molar-refractivity contribution in [1.82, 2.24) is 14.8 Å². The van der Waals surface area contributed by atoms with E-state index in [-0.39, 0.29) is 12.0 Å². The molecule has 1 fully saturated rings. The summed E-state index contributed by atoms with van der Waals surface area (Å²) in [6.45, 7) is 10.9. The van der Waals surface area contributed by atoms with E-state index >= 15 is 0 Å². The van der Waals surface area contributed by atoms with Crippen molar-refractivity contribution in [2.75, 3.05) is 32.8 Å². The molecule has 0 aromatic carbocycles. The lowest BCUT2D eigenvalue weighted by atomic mass is 10.3. The van der Waals surface area contributed by atoms with Crippen molar-refractivity contribution in [3.63, 3.8) is 0 Å². The smallest absolute Gasteiger partial charge is 0.251 e. The van der Waals surface area contributed by atoms with Crippen LogP contribution in [0.15, 0.2) is 5.38 Å². The molecule has 0 N–H and O–H groups in total. The van der Waals surface area contributed by atoms with E-state index in [4.69, 9.17) is 4.74 Å². The third-order valence-corrected chi connectivity index (χ3v) is 4.99. The van der Waals surface area contributed by atoms with Crippen LogP contribution in [-0.4, -0.2) is 59.6 Å². The van der Waals surface area contributed by atoms with Crippen molar-refractivity contribution in [3.05, 3.63) is 16.1 Å². The maximum absolute atomic E-state index is 12.3. The number of rotatable bonds is 6. The van der Waals surface area contributed by atoms with Crippen molar-refractivity contribution in [3.8, 4) is 0 Å². The van der Waals surface area contributed by atoms with Gasteiger partial charge in [0.05, 0.1) is 10.7 Å². The average molecular weight is 325 g/mol. The highest BCUT2D eigenvalue weighted by atomic mass is 32.1. The normalized spacial score (nSPS) is 18.2. The van der Waals surface area contributed by atoms with E-state index in [0.29, 0.717) is 6.61 Å². The minimum Gasteiger partial charge on any atom is -0.369 e. The van der Waals surface area contributed by atoms with Crippen LogP contribution >= 0.6 is 11.3 Å². The lowest BCUT2D eigenvalue weighted by Gasteiger charge is -2.24. The number of ether oxygens (including phenoxy) is 1. The molecule has 1 aliphatic heterocycles. The molecule has 0 unspecified atom stereocenters. The van der Waals surface area contributed by atoms with Crippen LogP contribution in [0.5, 0.6) is 0 Å². The molecular formula is C16H27N3O2S. The summed E-state index contributed by atoms with van der Waals surface area (Å²) in [6.07, 6.45) is 1.68. The molecule has 1 amide bonds. The second-order valence-corrected chi connectivity index (χ2v) is 6.58. The molecule has 1 atom stereocenters. The third kappa shape index (κ3) is 4.76. The summed E-state index contributed by atoms with van der Waals surface area (Å²) in [5.74, 6) is 0.116. The summed E-state index contributed by atoms with van der Waals surface area (Å²) in [4.78, 5) is 21.3. The van der Waals surface area contributed by atoms with Crippen LogP contribution in [0.1, 0.15) is 37.9 Å². The Bertz CT molecular complexity index is 478. The lowest BCUT2D eigenvalue weighted by Crippen LogP contribution is -2.41. The zero-order chi connectivity index (χ0) is 15.9. The Morgan fingerprint density at radius 1 is 1.36 bits per heavy atom. The number of hydrogen-bond acceptors (Lipinski definition) is 5. The first-order valence-corrected chi connectivity index (χ1v) is 9.08. The predicted molar refractivity (Wildman–Crippen MR) is 89.1 cm³/mol. The molecule has 2 rings (SSSR count). The fraction of sp³-hybridized carbons (Fsp3) is 0.750. The van der Waals surface area contributed by atoms with Crippen molar-refractivity contribution >= 4 is 17.2 Å². The molecule has 1 aliphatic rings. The van der Waals surface area contributed by atoms with E-state index in [1.54, 1.807) is 11.3 Å². The number of amides is 1. The molecule has 6 heteroatoms. The largest absolute Gasteiger partial charge is 0.369 e. The standard InChI is InChI=1S/C16H27N3O2S/c1-4-15-17-14(12-22-15)11-18-7-6-8-19(10-9-18)16(20)13(3)21-5-2/h12-13H,4-11H2,1-3H3/t13-/m0/s1. The van der Waals surface area contributed by atoms with Gasteiger partial charge in [0.1, 0.15) is 6.10 Å². The summed E-state index contributed by atoms with van der Waals surface area (Å²) in [6, 6.07) is 0. The predicted octanol–water partition coefficient (Wildman–Crippen LogP) is 2.16. The van der Waals surface area contributed by atoms with Gasteiger partial charge in [-0.2, -0.15) is 0 Å². The zero-order valence-corrected chi connectivity index (χ0v) is 14.7. The monoisotopic (exact) mass is 325 g/mol. The van der Waals surface area contributed by atoms with Crippen LogP contribution in [0, 0.1) is 0 Å². The van der Waals surface area contributed by atoms with E-state index < -0.39 is 0 Å². The van der Waals surface area contributed by atoms with Gasteiger partial charge in [0, 0.05) is 44.7 Å². The molecular weight excluding hydrogens is 298 g/mol. The fourth-order valence-corrected chi connectivity index (χ4v) is 3.48. The highest BCUT2D eigenvalue weighted by Crippen LogP contribution is 2.14. The maximum atomic E-state index is 12.3. The summed E-state index contributed by atoms with van der Waals surface area (Å²) < 4.78 is 5.42. The highest BCUT2D eigenvalue weighted by Gasteiger charge is 2.23. The van der Waals surface area contributed by atoms with Gasteiger partial charge in [-0.3, -0.25) is 9.69 Å². The Morgan fingerprint density at radius 2 is 2.18 bits per heavy atom. The number of thiazole rings is 1. The molecule has 0 aliphatic carbocycles. The van der Waals surface area contributed by atoms with Gasteiger partial charge >= 0.3 is 0 Å². The van der Waals surface area contributed by atoms with Gasteiger partial charge in [0.15, 0.2) is 0 Å². The summed E-state index contributed by atoms with van der Waals surface area (Å²) in [7, 11) is 0. The second kappa shape index (κ2) is 8.60. The molecule has 22 heavy (non-hydrogen) atoms. The number of carbonyl (C=O) groups is 1. The van der Waals surface area contributed by atoms with Gasteiger partial charge in [-0.1, -0.05) is 6.92 Å². The van der Waals surface area contributed by atoms with Gasteiger partial charge in [-0.05, 0) is 26.7 Å².